The molecule has 25 heavy (non-hydrogen) atoms. The Morgan fingerprint density at radius 3 is 2.36 bits per heavy atom. The van der Waals surface area contributed by atoms with Gasteiger partial charge >= 0.3 is 0 Å². The normalized spacial score (nSPS) is 11.3. The fraction of sp³-hybridized carbons (Fsp3) is 0. The minimum atomic E-state index is -3.88. The van der Waals surface area contributed by atoms with E-state index in [-0.39, 0.29) is 15.5 Å². The Bertz CT molecular complexity index is 1020. The number of halogens is 2. The molecule has 0 fully saturated rings. The average Bonchev–Trinajstić information content (AvgIpc) is 2.60. The topological polar surface area (TPSA) is 46.2 Å². The van der Waals surface area contributed by atoms with Gasteiger partial charge in [0.05, 0.1) is 10.6 Å². The van der Waals surface area contributed by atoms with Crippen LogP contribution in [0, 0.1) is 5.82 Å². The molecule has 3 aromatic rings. The molecule has 128 valence electrons. The third kappa shape index (κ3) is 3.81. The Labute approximate surface area is 155 Å². The smallest absolute Gasteiger partial charge is 0.261 e. The van der Waals surface area contributed by atoms with Gasteiger partial charge in [-0.1, -0.05) is 48.0 Å². The van der Waals surface area contributed by atoms with Crippen molar-refractivity contribution in [2.24, 2.45) is 0 Å². The van der Waals surface area contributed by atoms with Gasteiger partial charge in [0.15, 0.2) is 5.82 Å². The van der Waals surface area contributed by atoms with Crippen molar-refractivity contribution in [3.05, 3.63) is 77.6 Å². The molecule has 0 aromatic heterocycles. The Balaban J connectivity index is 1.99. The number of rotatable bonds is 4. The average molecular weight is 394 g/mol. The van der Waals surface area contributed by atoms with Crippen LogP contribution in [0.15, 0.2) is 76.5 Å². The number of hydrogen-bond donors (Lipinski definition) is 2. The van der Waals surface area contributed by atoms with Crippen LogP contribution in [0.2, 0.25) is 5.02 Å². The first-order valence-electron chi connectivity index (χ1n) is 7.24. The van der Waals surface area contributed by atoms with Crippen LogP contribution >= 0.6 is 24.2 Å². The van der Waals surface area contributed by atoms with Crippen LogP contribution in [0.4, 0.5) is 10.1 Å². The molecule has 0 heterocycles. The highest BCUT2D eigenvalue weighted by atomic mass is 35.5. The lowest BCUT2D eigenvalue weighted by Gasteiger charge is -2.13. The second kappa shape index (κ2) is 7.07. The summed E-state index contributed by atoms with van der Waals surface area (Å²) < 4.78 is 41.6. The van der Waals surface area contributed by atoms with Gasteiger partial charge in [0.25, 0.3) is 10.0 Å². The van der Waals surface area contributed by atoms with E-state index < -0.39 is 15.8 Å². The van der Waals surface area contributed by atoms with Crippen LogP contribution in [0.5, 0.6) is 0 Å². The van der Waals surface area contributed by atoms with Crippen molar-refractivity contribution >= 4 is 39.9 Å². The summed E-state index contributed by atoms with van der Waals surface area (Å²) >= 11 is 10.2. The predicted octanol–water partition coefficient (Wildman–Crippen LogP) is 5.24. The zero-order valence-electron chi connectivity index (χ0n) is 12.8. The van der Waals surface area contributed by atoms with Gasteiger partial charge in [0, 0.05) is 9.92 Å². The summed E-state index contributed by atoms with van der Waals surface area (Å²) in [6, 6.07) is 17.6. The van der Waals surface area contributed by atoms with Gasteiger partial charge in [-0.05, 0) is 41.5 Å². The molecular weight excluding hydrogens is 381 g/mol. The zero-order chi connectivity index (χ0) is 18.0. The lowest BCUT2D eigenvalue weighted by atomic mass is 10.1. The highest BCUT2D eigenvalue weighted by Gasteiger charge is 2.18. The second-order valence-electron chi connectivity index (χ2n) is 5.25. The van der Waals surface area contributed by atoms with Crippen molar-refractivity contribution in [2.75, 3.05) is 4.72 Å². The molecule has 1 N–H and O–H groups in total. The molecule has 0 unspecified atom stereocenters. The van der Waals surface area contributed by atoms with Crippen LogP contribution in [0.3, 0.4) is 0 Å². The van der Waals surface area contributed by atoms with Crippen molar-refractivity contribution in [3.8, 4) is 11.1 Å². The first-order valence-corrected chi connectivity index (χ1v) is 9.54. The van der Waals surface area contributed by atoms with Crippen molar-refractivity contribution < 1.29 is 12.8 Å². The van der Waals surface area contributed by atoms with E-state index in [1.54, 1.807) is 48.5 Å². The first-order chi connectivity index (χ1) is 11.9. The molecule has 0 atom stereocenters. The van der Waals surface area contributed by atoms with Crippen molar-refractivity contribution in [2.45, 2.75) is 9.79 Å². The van der Waals surface area contributed by atoms with Crippen LogP contribution in [0.1, 0.15) is 0 Å². The quantitative estimate of drug-likeness (QED) is 0.596. The Hall–Kier alpha value is -2.02. The summed E-state index contributed by atoms with van der Waals surface area (Å²) in [7, 11) is -3.88. The molecule has 0 bridgehead atoms. The Morgan fingerprint density at radius 2 is 1.68 bits per heavy atom. The Kier molecular flexibility index (Phi) is 5.03. The maximum atomic E-state index is 14.7. The number of thiol groups is 1. The second-order valence-corrected chi connectivity index (χ2v) is 7.82. The monoisotopic (exact) mass is 393 g/mol. The zero-order valence-corrected chi connectivity index (χ0v) is 15.2. The number of anilines is 1. The molecule has 0 radical (unpaired) electrons. The van der Waals surface area contributed by atoms with E-state index in [0.717, 1.165) is 0 Å². The molecular formula is C18H13ClFNO2S2. The number of benzene rings is 3. The molecule has 0 saturated carbocycles. The summed E-state index contributed by atoms with van der Waals surface area (Å²) in [6.07, 6.45) is 0. The standard InChI is InChI=1S/C18H13ClFNO2S2/c19-13-6-4-5-12(11-13)15-9-10-16(17(20)18(15)24)21-25(22,23)14-7-2-1-3-8-14/h1-11,21,24H. The summed E-state index contributed by atoms with van der Waals surface area (Å²) in [6.45, 7) is 0. The molecule has 0 aliphatic heterocycles. The summed E-state index contributed by atoms with van der Waals surface area (Å²) in [5.74, 6) is -0.750. The van der Waals surface area contributed by atoms with Gasteiger partial charge in [-0.25, -0.2) is 12.8 Å². The van der Waals surface area contributed by atoms with Gasteiger partial charge in [-0.15, -0.1) is 12.6 Å². The highest BCUT2D eigenvalue weighted by molar-refractivity contribution is 7.92. The van der Waals surface area contributed by atoms with Crippen LogP contribution < -0.4 is 4.72 Å². The van der Waals surface area contributed by atoms with Crippen LogP contribution in [-0.4, -0.2) is 8.42 Å². The fourth-order valence-corrected chi connectivity index (χ4v) is 3.93. The first kappa shape index (κ1) is 17.8. The van der Waals surface area contributed by atoms with Crippen LogP contribution in [0.25, 0.3) is 11.1 Å². The van der Waals surface area contributed by atoms with Gasteiger partial charge in [-0.2, -0.15) is 0 Å². The van der Waals surface area contributed by atoms with Gasteiger partial charge < -0.3 is 0 Å². The van der Waals surface area contributed by atoms with Crippen molar-refractivity contribution in [1.29, 1.82) is 0 Å². The van der Waals surface area contributed by atoms with Crippen LogP contribution in [-0.2, 0) is 10.0 Å². The molecule has 0 saturated heterocycles. The van der Waals surface area contributed by atoms with Gasteiger partial charge in [0.2, 0.25) is 0 Å². The summed E-state index contributed by atoms with van der Waals surface area (Å²) in [4.78, 5) is 0.0876. The van der Waals surface area contributed by atoms with E-state index in [1.165, 1.54) is 18.2 Å². The molecule has 3 nitrogen and oxygen atoms in total. The third-order valence-electron chi connectivity index (χ3n) is 3.55. The van der Waals surface area contributed by atoms with E-state index in [9.17, 15) is 12.8 Å². The molecule has 0 aliphatic rings. The maximum Gasteiger partial charge on any atom is 0.261 e. The highest BCUT2D eigenvalue weighted by Crippen LogP contribution is 2.34. The molecule has 3 rings (SSSR count). The Morgan fingerprint density at radius 1 is 0.960 bits per heavy atom. The van der Waals surface area contributed by atoms with E-state index in [1.807, 2.05) is 0 Å². The molecule has 0 amide bonds. The lowest BCUT2D eigenvalue weighted by molar-refractivity contribution is 0.594. The maximum absolute atomic E-state index is 14.7. The van der Waals surface area contributed by atoms with Crippen molar-refractivity contribution in [1.82, 2.24) is 0 Å². The van der Waals surface area contributed by atoms with Gasteiger partial charge in [0.1, 0.15) is 0 Å². The lowest BCUT2D eigenvalue weighted by Crippen LogP contribution is -2.14. The summed E-state index contributed by atoms with van der Waals surface area (Å²) in [5, 5.41) is 0.513. The number of hydrogen-bond acceptors (Lipinski definition) is 3. The summed E-state index contributed by atoms with van der Waals surface area (Å²) in [5.41, 5.74) is 1.04. The minimum Gasteiger partial charge on any atom is -0.277 e. The van der Waals surface area contributed by atoms with Gasteiger partial charge in [-0.3, -0.25) is 4.72 Å². The SMILES string of the molecule is O=S(=O)(Nc1ccc(-c2cccc(Cl)c2)c(S)c1F)c1ccccc1. The molecule has 3 aromatic carbocycles. The van der Waals surface area contributed by atoms with E-state index >= 15 is 0 Å². The molecule has 0 spiro atoms. The fourth-order valence-electron chi connectivity index (χ4n) is 2.34. The largest absolute Gasteiger partial charge is 0.277 e. The third-order valence-corrected chi connectivity index (χ3v) is 5.60. The minimum absolute atomic E-state index is 0.0375. The van der Waals surface area contributed by atoms with E-state index in [0.29, 0.717) is 16.1 Å². The van der Waals surface area contributed by atoms with E-state index in [4.69, 9.17) is 11.6 Å². The molecule has 0 aliphatic carbocycles. The number of nitrogens with one attached hydrogen (secondary N) is 1. The van der Waals surface area contributed by atoms with E-state index in [2.05, 4.69) is 17.4 Å². The number of sulfonamides is 1. The van der Waals surface area contributed by atoms with Crippen molar-refractivity contribution in [3.63, 3.8) is 0 Å². The predicted molar refractivity (Wildman–Crippen MR) is 101 cm³/mol. The molecule has 7 heteroatoms.